The van der Waals surface area contributed by atoms with Gasteiger partial charge in [-0.15, -0.1) is 0 Å². The second-order valence-corrected chi connectivity index (χ2v) is 4.96. The second kappa shape index (κ2) is 5.51. The summed E-state index contributed by atoms with van der Waals surface area (Å²) in [6, 6.07) is 11.4. The van der Waals surface area contributed by atoms with Gasteiger partial charge in [-0.25, -0.2) is 4.79 Å². The normalized spacial score (nSPS) is 15.3. The van der Waals surface area contributed by atoms with Gasteiger partial charge in [0.05, 0.1) is 13.2 Å². The molecule has 2 heterocycles. The van der Waals surface area contributed by atoms with Crippen molar-refractivity contribution in [2.45, 2.75) is 6.92 Å². The van der Waals surface area contributed by atoms with Crippen LogP contribution < -0.4 is 10.5 Å². The summed E-state index contributed by atoms with van der Waals surface area (Å²) in [5.74, 6) is 0.610. The molecule has 0 bridgehead atoms. The largest absolute Gasteiger partial charge is 0.423 e. The Hall–Kier alpha value is -2.07. The van der Waals surface area contributed by atoms with E-state index in [0.717, 1.165) is 24.3 Å². The van der Waals surface area contributed by atoms with Crippen molar-refractivity contribution in [2.24, 2.45) is 0 Å². The molecule has 1 aromatic heterocycles. The summed E-state index contributed by atoms with van der Waals surface area (Å²) >= 11 is 0. The molecule has 20 heavy (non-hydrogen) atoms. The van der Waals surface area contributed by atoms with Crippen molar-refractivity contribution >= 4 is 5.69 Å². The molecule has 0 N–H and O–H groups in total. The molecule has 1 aromatic carbocycles. The number of hydrogen-bond donors (Lipinski definition) is 0. The van der Waals surface area contributed by atoms with E-state index in [9.17, 15) is 4.79 Å². The highest BCUT2D eigenvalue weighted by Gasteiger charge is 2.14. The first-order valence-corrected chi connectivity index (χ1v) is 6.77. The molecule has 0 unspecified atom stereocenters. The fourth-order valence-corrected chi connectivity index (χ4v) is 2.33. The fourth-order valence-electron chi connectivity index (χ4n) is 2.33. The van der Waals surface area contributed by atoms with Gasteiger partial charge in [0.2, 0.25) is 0 Å². The maximum absolute atomic E-state index is 11.8. The molecule has 0 radical (unpaired) electrons. The van der Waals surface area contributed by atoms with Crippen molar-refractivity contribution in [1.82, 2.24) is 0 Å². The minimum atomic E-state index is -0.315. The summed E-state index contributed by atoms with van der Waals surface area (Å²) in [6.07, 6.45) is 0. The standard InChI is InChI=1S/C16H17NO3/c1-12-2-4-13(5-3-12)15-10-14(11-16(18)20-15)17-6-8-19-9-7-17/h2-5,10-11H,6-9H2,1H3. The summed E-state index contributed by atoms with van der Waals surface area (Å²) < 4.78 is 10.7. The third-order valence-corrected chi connectivity index (χ3v) is 3.47. The van der Waals surface area contributed by atoms with Crippen molar-refractivity contribution in [3.8, 4) is 11.3 Å². The summed E-state index contributed by atoms with van der Waals surface area (Å²) in [6.45, 7) is 5.03. The Labute approximate surface area is 117 Å². The molecule has 0 atom stereocenters. The Bertz CT molecular complexity index is 640. The van der Waals surface area contributed by atoms with Gasteiger partial charge in [-0.2, -0.15) is 0 Å². The molecule has 0 saturated carbocycles. The predicted molar refractivity (Wildman–Crippen MR) is 78.2 cm³/mol. The molecule has 4 nitrogen and oxygen atoms in total. The smallest absolute Gasteiger partial charge is 0.338 e. The zero-order valence-electron chi connectivity index (χ0n) is 11.5. The molecule has 3 rings (SSSR count). The lowest BCUT2D eigenvalue weighted by Gasteiger charge is -2.28. The Balaban J connectivity index is 1.97. The molecular weight excluding hydrogens is 254 g/mol. The fraction of sp³-hybridized carbons (Fsp3) is 0.312. The lowest BCUT2D eigenvalue weighted by atomic mass is 10.1. The maximum atomic E-state index is 11.8. The molecule has 2 aromatic rings. The van der Waals surface area contributed by atoms with Crippen LogP contribution in [0.15, 0.2) is 45.6 Å². The Morgan fingerprint density at radius 1 is 1.05 bits per heavy atom. The Morgan fingerprint density at radius 3 is 2.45 bits per heavy atom. The summed E-state index contributed by atoms with van der Waals surface area (Å²) in [4.78, 5) is 13.9. The average Bonchev–Trinajstić information content (AvgIpc) is 2.48. The first-order valence-electron chi connectivity index (χ1n) is 6.77. The molecule has 1 aliphatic heterocycles. The predicted octanol–water partition coefficient (Wildman–Crippen LogP) is 2.45. The third-order valence-electron chi connectivity index (χ3n) is 3.47. The summed E-state index contributed by atoms with van der Waals surface area (Å²) in [7, 11) is 0. The molecule has 0 aliphatic carbocycles. The van der Waals surface area contributed by atoms with Crippen LogP contribution in [0.3, 0.4) is 0 Å². The van der Waals surface area contributed by atoms with E-state index >= 15 is 0 Å². The molecule has 104 valence electrons. The van der Waals surface area contributed by atoms with Crippen LogP contribution in [-0.4, -0.2) is 26.3 Å². The van der Waals surface area contributed by atoms with Gasteiger partial charge < -0.3 is 14.1 Å². The van der Waals surface area contributed by atoms with Crippen LogP contribution in [0, 0.1) is 6.92 Å². The van der Waals surface area contributed by atoms with Crippen LogP contribution in [0.5, 0.6) is 0 Å². The number of ether oxygens (including phenoxy) is 1. The first-order chi connectivity index (χ1) is 9.72. The van der Waals surface area contributed by atoms with E-state index in [1.54, 1.807) is 6.07 Å². The van der Waals surface area contributed by atoms with Crippen molar-refractivity contribution in [2.75, 3.05) is 31.2 Å². The van der Waals surface area contributed by atoms with Crippen LogP contribution in [0.1, 0.15) is 5.56 Å². The van der Waals surface area contributed by atoms with Gasteiger partial charge in [-0.05, 0) is 6.92 Å². The van der Waals surface area contributed by atoms with E-state index < -0.39 is 0 Å². The van der Waals surface area contributed by atoms with E-state index in [1.165, 1.54) is 5.56 Å². The SMILES string of the molecule is Cc1ccc(-c2cc(N3CCOCC3)cc(=O)o2)cc1. The zero-order chi connectivity index (χ0) is 13.9. The Kier molecular flexibility index (Phi) is 3.56. The average molecular weight is 271 g/mol. The monoisotopic (exact) mass is 271 g/mol. The van der Waals surface area contributed by atoms with E-state index in [-0.39, 0.29) is 5.63 Å². The van der Waals surface area contributed by atoms with Gasteiger partial charge in [0.15, 0.2) is 0 Å². The molecule has 1 saturated heterocycles. The lowest BCUT2D eigenvalue weighted by molar-refractivity contribution is 0.122. The van der Waals surface area contributed by atoms with Crippen LogP contribution >= 0.6 is 0 Å². The summed E-state index contributed by atoms with van der Waals surface area (Å²) in [5.41, 5.74) is 2.69. The highest BCUT2D eigenvalue weighted by atomic mass is 16.5. The van der Waals surface area contributed by atoms with E-state index in [1.807, 2.05) is 37.3 Å². The van der Waals surface area contributed by atoms with E-state index in [2.05, 4.69) is 4.90 Å². The number of aryl methyl sites for hydroxylation is 1. The third kappa shape index (κ3) is 2.75. The van der Waals surface area contributed by atoms with Crippen molar-refractivity contribution in [3.05, 3.63) is 52.4 Å². The molecule has 4 heteroatoms. The number of benzene rings is 1. The van der Waals surface area contributed by atoms with Gasteiger partial charge >= 0.3 is 5.63 Å². The number of hydrogen-bond acceptors (Lipinski definition) is 4. The minimum absolute atomic E-state index is 0.315. The van der Waals surface area contributed by atoms with Crippen LogP contribution in [0.25, 0.3) is 11.3 Å². The highest BCUT2D eigenvalue weighted by Crippen LogP contribution is 2.23. The van der Waals surface area contributed by atoms with Gasteiger partial charge in [0.25, 0.3) is 0 Å². The highest BCUT2D eigenvalue weighted by molar-refractivity contribution is 5.63. The lowest BCUT2D eigenvalue weighted by Crippen LogP contribution is -2.36. The van der Waals surface area contributed by atoms with Crippen LogP contribution in [0.2, 0.25) is 0 Å². The number of anilines is 1. The molecule has 0 spiro atoms. The quantitative estimate of drug-likeness (QED) is 0.841. The minimum Gasteiger partial charge on any atom is -0.423 e. The van der Waals surface area contributed by atoms with Gasteiger partial charge in [0.1, 0.15) is 5.76 Å². The van der Waals surface area contributed by atoms with Gasteiger partial charge in [-0.3, -0.25) is 0 Å². The molecule has 1 aliphatic rings. The molecule has 1 fully saturated rings. The van der Waals surface area contributed by atoms with Crippen LogP contribution in [0.4, 0.5) is 5.69 Å². The van der Waals surface area contributed by atoms with E-state index in [0.29, 0.717) is 19.0 Å². The van der Waals surface area contributed by atoms with Gasteiger partial charge in [0, 0.05) is 36.5 Å². The van der Waals surface area contributed by atoms with Gasteiger partial charge in [-0.1, -0.05) is 29.8 Å². The van der Waals surface area contributed by atoms with Crippen molar-refractivity contribution < 1.29 is 9.15 Å². The maximum Gasteiger partial charge on any atom is 0.338 e. The zero-order valence-corrected chi connectivity index (χ0v) is 11.5. The topological polar surface area (TPSA) is 42.7 Å². The van der Waals surface area contributed by atoms with Crippen molar-refractivity contribution in [3.63, 3.8) is 0 Å². The summed E-state index contributed by atoms with van der Waals surface area (Å²) in [5, 5.41) is 0. The van der Waals surface area contributed by atoms with Crippen molar-refractivity contribution in [1.29, 1.82) is 0 Å². The Morgan fingerprint density at radius 2 is 1.75 bits per heavy atom. The van der Waals surface area contributed by atoms with E-state index in [4.69, 9.17) is 9.15 Å². The second-order valence-electron chi connectivity index (χ2n) is 4.96. The van der Waals surface area contributed by atoms with Crippen LogP contribution in [-0.2, 0) is 4.74 Å². The first kappa shape index (κ1) is 12.9. The number of morpholine rings is 1. The molecular formula is C16H17NO3. The number of nitrogens with zero attached hydrogens (tertiary/aromatic N) is 1. The number of rotatable bonds is 2. The molecule has 0 amide bonds.